The van der Waals surface area contributed by atoms with Gasteiger partial charge in [-0.1, -0.05) is 24.3 Å². The van der Waals surface area contributed by atoms with Gasteiger partial charge in [-0.05, 0) is 24.3 Å². The van der Waals surface area contributed by atoms with Crippen LogP contribution in [0.15, 0.2) is 53.4 Å². The lowest BCUT2D eigenvalue weighted by atomic mass is 10.2. The Labute approximate surface area is 105 Å². The van der Waals surface area contributed by atoms with E-state index in [1.165, 1.54) is 30.3 Å². The van der Waals surface area contributed by atoms with Crippen LogP contribution in [0.25, 0.3) is 0 Å². The van der Waals surface area contributed by atoms with E-state index in [-0.39, 0.29) is 16.1 Å². The van der Waals surface area contributed by atoms with Crippen LogP contribution in [0.5, 0.6) is 0 Å². The van der Waals surface area contributed by atoms with Crippen molar-refractivity contribution < 1.29 is 12.8 Å². The summed E-state index contributed by atoms with van der Waals surface area (Å²) in [5, 5.41) is 0. The van der Waals surface area contributed by atoms with Crippen molar-refractivity contribution in [3.05, 3.63) is 59.9 Å². The summed E-state index contributed by atoms with van der Waals surface area (Å²) >= 11 is 0. The number of hydrogen-bond acceptors (Lipinski definition) is 3. The summed E-state index contributed by atoms with van der Waals surface area (Å²) in [6.07, 6.45) is 0. The van der Waals surface area contributed by atoms with Gasteiger partial charge in [-0.25, -0.2) is 12.8 Å². The van der Waals surface area contributed by atoms with E-state index in [1.807, 2.05) is 0 Å². The lowest BCUT2D eigenvalue weighted by Crippen LogP contribution is -2.08. The van der Waals surface area contributed by atoms with Gasteiger partial charge < -0.3 is 5.73 Å². The molecule has 0 aromatic heterocycles. The van der Waals surface area contributed by atoms with Gasteiger partial charge >= 0.3 is 0 Å². The molecule has 94 valence electrons. The molecule has 0 atom stereocenters. The van der Waals surface area contributed by atoms with Crippen molar-refractivity contribution in [2.45, 2.75) is 10.6 Å². The molecule has 0 aliphatic rings. The Morgan fingerprint density at radius 3 is 2.28 bits per heavy atom. The molecule has 0 saturated heterocycles. The zero-order valence-electron chi connectivity index (χ0n) is 9.51. The molecule has 2 N–H and O–H groups in total. The van der Waals surface area contributed by atoms with Crippen molar-refractivity contribution in [1.29, 1.82) is 0 Å². The molecule has 0 saturated carbocycles. The van der Waals surface area contributed by atoms with Crippen molar-refractivity contribution in [3.8, 4) is 0 Å². The van der Waals surface area contributed by atoms with Gasteiger partial charge in [-0.3, -0.25) is 0 Å². The fourth-order valence-corrected chi connectivity index (χ4v) is 3.05. The SMILES string of the molecule is Nc1cccc(F)c1CS(=O)(=O)c1ccccc1. The molecule has 0 fully saturated rings. The Balaban J connectivity index is 2.41. The second-order valence-corrected chi connectivity index (χ2v) is 5.87. The Kier molecular flexibility index (Phi) is 3.34. The molecule has 0 radical (unpaired) electrons. The third-order valence-corrected chi connectivity index (χ3v) is 4.25. The summed E-state index contributed by atoms with van der Waals surface area (Å²) in [4.78, 5) is 0.160. The van der Waals surface area contributed by atoms with Gasteiger partial charge in [0.05, 0.1) is 10.6 Å². The maximum Gasteiger partial charge on any atom is 0.182 e. The first-order valence-electron chi connectivity index (χ1n) is 5.31. The van der Waals surface area contributed by atoms with E-state index in [1.54, 1.807) is 18.2 Å². The van der Waals surface area contributed by atoms with E-state index < -0.39 is 21.4 Å². The van der Waals surface area contributed by atoms with Crippen molar-refractivity contribution in [1.82, 2.24) is 0 Å². The highest BCUT2D eigenvalue weighted by atomic mass is 32.2. The van der Waals surface area contributed by atoms with Crippen LogP contribution in [0.2, 0.25) is 0 Å². The number of hydrogen-bond donors (Lipinski definition) is 1. The van der Waals surface area contributed by atoms with E-state index in [0.29, 0.717) is 0 Å². The van der Waals surface area contributed by atoms with Gasteiger partial charge in [0.1, 0.15) is 5.82 Å². The summed E-state index contributed by atoms with van der Waals surface area (Å²) in [7, 11) is -3.58. The minimum atomic E-state index is -3.58. The van der Waals surface area contributed by atoms with E-state index in [4.69, 9.17) is 5.73 Å². The average Bonchev–Trinajstić information content (AvgIpc) is 2.35. The Hall–Kier alpha value is -1.88. The summed E-state index contributed by atoms with van der Waals surface area (Å²) in [6.45, 7) is 0. The molecule has 18 heavy (non-hydrogen) atoms. The Bertz CT molecular complexity index is 634. The van der Waals surface area contributed by atoms with Crippen LogP contribution in [0.4, 0.5) is 10.1 Å². The molecule has 0 bridgehead atoms. The standard InChI is InChI=1S/C13H12FNO2S/c14-12-7-4-8-13(15)11(12)9-18(16,17)10-5-2-1-3-6-10/h1-8H,9,15H2. The predicted octanol–water partition coefficient (Wildman–Crippen LogP) is 2.38. The van der Waals surface area contributed by atoms with Crippen LogP contribution in [-0.4, -0.2) is 8.42 Å². The van der Waals surface area contributed by atoms with E-state index >= 15 is 0 Å². The van der Waals surface area contributed by atoms with Crippen molar-refractivity contribution >= 4 is 15.5 Å². The van der Waals surface area contributed by atoms with Crippen molar-refractivity contribution in [2.75, 3.05) is 5.73 Å². The first-order chi connectivity index (χ1) is 8.50. The summed E-state index contributed by atoms with van der Waals surface area (Å²) in [5.41, 5.74) is 5.77. The van der Waals surface area contributed by atoms with Crippen LogP contribution in [-0.2, 0) is 15.6 Å². The fourth-order valence-electron chi connectivity index (χ4n) is 1.63. The molecule has 0 spiro atoms. The van der Waals surface area contributed by atoms with Crippen LogP contribution in [0, 0.1) is 5.82 Å². The highest BCUT2D eigenvalue weighted by Crippen LogP contribution is 2.22. The second-order valence-electron chi connectivity index (χ2n) is 3.88. The summed E-state index contributed by atoms with van der Waals surface area (Å²) in [5.74, 6) is -1.04. The Morgan fingerprint density at radius 1 is 1.00 bits per heavy atom. The summed E-state index contributed by atoms with van der Waals surface area (Å²) < 4.78 is 37.7. The molecule has 0 amide bonds. The zero-order valence-corrected chi connectivity index (χ0v) is 10.3. The van der Waals surface area contributed by atoms with E-state index in [2.05, 4.69) is 0 Å². The van der Waals surface area contributed by atoms with Crippen LogP contribution >= 0.6 is 0 Å². The van der Waals surface area contributed by atoms with Crippen molar-refractivity contribution in [2.24, 2.45) is 0 Å². The molecular weight excluding hydrogens is 253 g/mol. The molecular formula is C13H12FNO2S. The quantitative estimate of drug-likeness (QED) is 0.867. The number of benzene rings is 2. The highest BCUT2D eigenvalue weighted by molar-refractivity contribution is 7.90. The number of halogens is 1. The highest BCUT2D eigenvalue weighted by Gasteiger charge is 2.18. The number of sulfone groups is 1. The maximum absolute atomic E-state index is 13.6. The number of nitrogen functional groups attached to an aromatic ring is 1. The largest absolute Gasteiger partial charge is 0.398 e. The zero-order chi connectivity index (χ0) is 13.2. The topological polar surface area (TPSA) is 60.2 Å². The average molecular weight is 265 g/mol. The lowest BCUT2D eigenvalue weighted by molar-refractivity contribution is 0.587. The van der Waals surface area contributed by atoms with Crippen LogP contribution in [0.3, 0.4) is 0 Å². The second kappa shape index (κ2) is 4.78. The fraction of sp³-hybridized carbons (Fsp3) is 0.0769. The van der Waals surface area contributed by atoms with Crippen molar-refractivity contribution in [3.63, 3.8) is 0 Å². The molecule has 0 heterocycles. The minimum absolute atomic E-state index is 0.0151. The molecule has 0 unspecified atom stereocenters. The lowest BCUT2D eigenvalue weighted by Gasteiger charge is -2.08. The van der Waals surface area contributed by atoms with Crippen LogP contribution in [0.1, 0.15) is 5.56 Å². The van der Waals surface area contributed by atoms with Gasteiger partial charge in [0.15, 0.2) is 9.84 Å². The third-order valence-electron chi connectivity index (χ3n) is 2.59. The molecule has 3 nitrogen and oxygen atoms in total. The van der Waals surface area contributed by atoms with Gasteiger partial charge in [0, 0.05) is 11.3 Å². The molecule has 2 rings (SSSR count). The molecule has 5 heteroatoms. The molecule has 2 aromatic rings. The number of anilines is 1. The van der Waals surface area contributed by atoms with Gasteiger partial charge in [0.25, 0.3) is 0 Å². The van der Waals surface area contributed by atoms with Crippen LogP contribution < -0.4 is 5.73 Å². The number of nitrogens with two attached hydrogens (primary N) is 1. The first kappa shape index (κ1) is 12.6. The first-order valence-corrected chi connectivity index (χ1v) is 6.96. The monoisotopic (exact) mass is 265 g/mol. The normalized spacial score (nSPS) is 11.4. The summed E-state index contributed by atoms with van der Waals surface area (Å²) in [6, 6.07) is 12.1. The van der Waals surface area contributed by atoms with E-state index in [0.717, 1.165) is 0 Å². The van der Waals surface area contributed by atoms with Gasteiger partial charge in [0.2, 0.25) is 0 Å². The number of rotatable bonds is 3. The van der Waals surface area contributed by atoms with Gasteiger partial charge in [-0.15, -0.1) is 0 Å². The predicted molar refractivity (Wildman–Crippen MR) is 68.1 cm³/mol. The third kappa shape index (κ3) is 2.51. The minimum Gasteiger partial charge on any atom is -0.398 e. The maximum atomic E-state index is 13.6. The Morgan fingerprint density at radius 2 is 1.67 bits per heavy atom. The van der Waals surface area contributed by atoms with Gasteiger partial charge in [-0.2, -0.15) is 0 Å². The smallest absolute Gasteiger partial charge is 0.182 e. The van der Waals surface area contributed by atoms with E-state index in [9.17, 15) is 12.8 Å². The molecule has 0 aliphatic heterocycles. The molecule has 2 aromatic carbocycles. The molecule has 0 aliphatic carbocycles.